The van der Waals surface area contributed by atoms with Crippen LogP contribution < -0.4 is 0 Å². The molecule has 0 aliphatic heterocycles. The number of thiophene rings is 1. The minimum absolute atomic E-state index is 0.564. The highest BCUT2D eigenvalue weighted by molar-refractivity contribution is 7.10. The third-order valence-electron chi connectivity index (χ3n) is 2.57. The molecule has 1 fully saturated rings. The molecule has 10 heavy (non-hydrogen) atoms. The Bertz CT molecular complexity index is 207. The topological polar surface area (TPSA) is 0 Å². The van der Waals surface area contributed by atoms with Gasteiger partial charge in [0, 0.05) is 10.3 Å². The lowest BCUT2D eigenvalue weighted by atomic mass is 9.69. The SMILES string of the molecule is CC1(c2cccs2)CCC1. The van der Waals surface area contributed by atoms with Crippen molar-refractivity contribution in [3.63, 3.8) is 0 Å². The van der Waals surface area contributed by atoms with Crippen LogP contribution in [0, 0.1) is 0 Å². The Hall–Kier alpha value is -0.300. The molecule has 0 spiro atoms. The summed E-state index contributed by atoms with van der Waals surface area (Å²) >= 11 is 1.91. The van der Waals surface area contributed by atoms with Gasteiger partial charge in [0.25, 0.3) is 0 Å². The van der Waals surface area contributed by atoms with Gasteiger partial charge in [-0.2, -0.15) is 0 Å². The third-order valence-corrected chi connectivity index (χ3v) is 3.75. The lowest BCUT2D eigenvalue weighted by molar-refractivity contribution is 0.278. The molecule has 1 saturated carbocycles. The summed E-state index contributed by atoms with van der Waals surface area (Å²) in [4.78, 5) is 1.58. The Balaban J connectivity index is 2.27. The van der Waals surface area contributed by atoms with Gasteiger partial charge in [-0.05, 0) is 24.3 Å². The van der Waals surface area contributed by atoms with E-state index >= 15 is 0 Å². The summed E-state index contributed by atoms with van der Waals surface area (Å²) in [6, 6.07) is 4.42. The van der Waals surface area contributed by atoms with E-state index in [4.69, 9.17) is 0 Å². The molecular weight excluding hydrogens is 140 g/mol. The van der Waals surface area contributed by atoms with Crippen molar-refractivity contribution in [2.45, 2.75) is 31.6 Å². The van der Waals surface area contributed by atoms with Gasteiger partial charge in [0.15, 0.2) is 0 Å². The summed E-state index contributed by atoms with van der Waals surface area (Å²) in [5, 5.41) is 2.18. The van der Waals surface area contributed by atoms with Crippen molar-refractivity contribution in [2.75, 3.05) is 0 Å². The molecule has 0 bridgehead atoms. The van der Waals surface area contributed by atoms with Crippen LogP contribution in [0.4, 0.5) is 0 Å². The van der Waals surface area contributed by atoms with Gasteiger partial charge in [0.05, 0.1) is 0 Å². The van der Waals surface area contributed by atoms with E-state index in [-0.39, 0.29) is 0 Å². The normalized spacial score (nSPS) is 22.1. The minimum Gasteiger partial charge on any atom is -0.148 e. The molecule has 1 aliphatic rings. The van der Waals surface area contributed by atoms with Crippen LogP contribution in [0.1, 0.15) is 31.1 Å². The second-order valence-electron chi connectivity index (χ2n) is 3.39. The summed E-state index contributed by atoms with van der Waals surface area (Å²) in [6.45, 7) is 2.38. The van der Waals surface area contributed by atoms with Gasteiger partial charge in [-0.1, -0.05) is 19.4 Å². The first-order valence-corrected chi connectivity index (χ1v) is 4.73. The quantitative estimate of drug-likeness (QED) is 0.579. The van der Waals surface area contributed by atoms with Crippen molar-refractivity contribution in [3.05, 3.63) is 22.4 Å². The van der Waals surface area contributed by atoms with E-state index in [1.54, 1.807) is 4.88 Å². The van der Waals surface area contributed by atoms with E-state index < -0.39 is 0 Å². The van der Waals surface area contributed by atoms with Gasteiger partial charge in [-0.25, -0.2) is 0 Å². The Morgan fingerprint density at radius 3 is 2.70 bits per heavy atom. The summed E-state index contributed by atoms with van der Waals surface area (Å²) < 4.78 is 0. The molecule has 1 aromatic rings. The third kappa shape index (κ3) is 0.807. The highest BCUT2D eigenvalue weighted by Crippen LogP contribution is 2.44. The first kappa shape index (κ1) is 6.41. The fourth-order valence-electron chi connectivity index (χ4n) is 1.58. The lowest BCUT2D eigenvalue weighted by Crippen LogP contribution is -2.28. The smallest absolute Gasteiger partial charge is 0.0104 e. The van der Waals surface area contributed by atoms with Crippen molar-refractivity contribution in [3.8, 4) is 0 Å². The van der Waals surface area contributed by atoms with Crippen molar-refractivity contribution in [1.82, 2.24) is 0 Å². The molecule has 0 radical (unpaired) electrons. The summed E-state index contributed by atoms with van der Waals surface area (Å²) in [7, 11) is 0. The summed E-state index contributed by atoms with van der Waals surface area (Å²) in [5.74, 6) is 0. The van der Waals surface area contributed by atoms with Crippen LogP contribution in [0.3, 0.4) is 0 Å². The van der Waals surface area contributed by atoms with Crippen molar-refractivity contribution in [1.29, 1.82) is 0 Å². The molecule has 0 atom stereocenters. The van der Waals surface area contributed by atoms with Gasteiger partial charge >= 0.3 is 0 Å². The van der Waals surface area contributed by atoms with E-state index in [9.17, 15) is 0 Å². The fourth-order valence-corrected chi connectivity index (χ4v) is 2.53. The Morgan fingerprint density at radius 2 is 2.30 bits per heavy atom. The van der Waals surface area contributed by atoms with Crippen LogP contribution in [0.2, 0.25) is 0 Å². The zero-order valence-electron chi connectivity index (χ0n) is 6.26. The average Bonchev–Trinajstić information content (AvgIpc) is 2.33. The predicted octanol–water partition coefficient (Wildman–Crippen LogP) is 3.19. The van der Waals surface area contributed by atoms with E-state index in [1.807, 2.05) is 11.3 Å². The fraction of sp³-hybridized carbons (Fsp3) is 0.556. The van der Waals surface area contributed by atoms with Crippen LogP contribution in [0.15, 0.2) is 17.5 Å². The Labute approximate surface area is 65.9 Å². The van der Waals surface area contributed by atoms with E-state index in [0.717, 1.165) is 0 Å². The molecule has 1 heteroatoms. The van der Waals surface area contributed by atoms with Crippen LogP contribution >= 0.6 is 11.3 Å². The molecule has 0 saturated heterocycles. The molecule has 1 heterocycles. The van der Waals surface area contributed by atoms with Crippen molar-refractivity contribution < 1.29 is 0 Å². The molecule has 0 aromatic carbocycles. The second kappa shape index (κ2) is 2.09. The number of hydrogen-bond donors (Lipinski definition) is 0. The van der Waals surface area contributed by atoms with Crippen molar-refractivity contribution in [2.24, 2.45) is 0 Å². The highest BCUT2D eigenvalue weighted by Gasteiger charge is 2.33. The number of hydrogen-bond acceptors (Lipinski definition) is 1. The van der Waals surface area contributed by atoms with Crippen LogP contribution in [-0.4, -0.2) is 0 Å². The molecule has 0 N–H and O–H groups in total. The predicted molar refractivity (Wildman–Crippen MR) is 45.5 cm³/mol. The maximum absolute atomic E-state index is 2.38. The highest BCUT2D eigenvalue weighted by atomic mass is 32.1. The van der Waals surface area contributed by atoms with Gasteiger partial charge in [0.1, 0.15) is 0 Å². The first-order valence-electron chi connectivity index (χ1n) is 3.85. The maximum atomic E-state index is 2.38. The van der Waals surface area contributed by atoms with Crippen molar-refractivity contribution >= 4 is 11.3 Å². The van der Waals surface area contributed by atoms with Crippen LogP contribution in [0.5, 0.6) is 0 Å². The maximum Gasteiger partial charge on any atom is 0.0104 e. The standard InChI is InChI=1S/C9H12S/c1-9(5-3-6-9)8-4-2-7-10-8/h2,4,7H,3,5-6H2,1H3. The molecule has 54 valence electrons. The molecular formula is C9H12S. The molecule has 1 aromatic heterocycles. The minimum atomic E-state index is 0.564. The van der Waals surface area contributed by atoms with Crippen LogP contribution in [-0.2, 0) is 5.41 Å². The monoisotopic (exact) mass is 152 g/mol. The van der Waals surface area contributed by atoms with Gasteiger partial charge in [-0.15, -0.1) is 11.3 Å². The van der Waals surface area contributed by atoms with E-state index in [0.29, 0.717) is 5.41 Å². The average molecular weight is 152 g/mol. The molecule has 1 aliphatic carbocycles. The zero-order valence-corrected chi connectivity index (χ0v) is 7.08. The van der Waals surface area contributed by atoms with Gasteiger partial charge < -0.3 is 0 Å². The largest absolute Gasteiger partial charge is 0.148 e. The van der Waals surface area contributed by atoms with E-state index in [2.05, 4.69) is 24.4 Å². The lowest BCUT2D eigenvalue weighted by Gasteiger charge is -2.37. The Kier molecular flexibility index (Phi) is 1.34. The van der Waals surface area contributed by atoms with Gasteiger partial charge in [0.2, 0.25) is 0 Å². The summed E-state index contributed by atoms with van der Waals surface area (Å²) in [6.07, 6.45) is 4.22. The van der Waals surface area contributed by atoms with Gasteiger partial charge in [-0.3, -0.25) is 0 Å². The van der Waals surface area contributed by atoms with Crippen LogP contribution in [0.25, 0.3) is 0 Å². The zero-order chi connectivity index (χ0) is 7.03. The Morgan fingerprint density at radius 1 is 1.50 bits per heavy atom. The molecule has 2 rings (SSSR count). The van der Waals surface area contributed by atoms with E-state index in [1.165, 1.54) is 19.3 Å². The first-order chi connectivity index (χ1) is 4.81. The number of rotatable bonds is 1. The molecule has 0 amide bonds. The molecule has 0 nitrogen and oxygen atoms in total. The molecule has 0 unspecified atom stereocenters. The summed E-state index contributed by atoms with van der Waals surface area (Å²) in [5.41, 5.74) is 0.564. The second-order valence-corrected chi connectivity index (χ2v) is 4.34.